The number of aromatic nitrogens is 3. The molecule has 124 valence electrons. The van der Waals surface area contributed by atoms with E-state index in [1.807, 2.05) is 10.6 Å². The molecular formula is C16H15FN4OS2. The Bertz CT molecular complexity index is 787. The van der Waals surface area contributed by atoms with Crippen molar-refractivity contribution in [2.24, 2.45) is 0 Å². The molecule has 0 aliphatic carbocycles. The van der Waals surface area contributed by atoms with Crippen LogP contribution in [0.2, 0.25) is 0 Å². The van der Waals surface area contributed by atoms with Crippen LogP contribution >= 0.6 is 23.1 Å². The molecule has 0 atom stereocenters. The molecule has 24 heavy (non-hydrogen) atoms. The maximum absolute atomic E-state index is 12.8. The molecular weight excluding hydrogens is 347 g/mol. The van der Waals surface area contributed by atoms with Gasteiger partial charge in [-0.3, -0.25) is 4.79 Å². The Hall–Kier alpha value is -2.19. The van der Waals surface area contributed by atoms with Crippen molar-refractivity contribution in [2.75, 3.05) is 11.1 Å². The number of halogens is 1. The molecule has 0 bridgehead atoms. The first-order valence-corrected chi connectivity index (χ1v) is 9.15. The number of thiophene rings is 1. The van der Waals surface area contributed by atoms with Crippen LogP contribution in [0.1, 0.15) is 4.88 Å². The minimum atomic E-state index is -0.332. The maximum Gasteiger partial charge on any atom is 0.234 e. The first-order valence-electron chi connectivity index (χ1n) is 7.29. The second kappa shape index (κ2) is 8.07. The fraction of sp³-hybridized carbons (Fsp3) is 0.188. The lowest BCUT2D eigenvalue weighted by molar-refractivity contribution is -0.113. The van der Waals surface area contributed by atoms with Crippen LogP contribution in [-0.4, -0.2) is 26.4 Å². The lowest BCUT2D eigenvalue weighted by Crippen LogP contribution is -2.14. The maximum atomic E-state index is 12.8. The van der Waals surface area contributed by atoms with Gasteiger partial charge in [0.25, 0.3) is 0 Å². The molecule has 3 rings (SSSR count). The van der Waals surface area contributed by atoms with E-state index in [2.05, 4.69) is 27.0 Å². The first kappa shape index (κ1) is 16.7. The average Bonchev–Trinajstić information content (AvgIpc) is 3.24. The number of rotatable bonds is 7. The number of nitrogens with zero attached hydrogens (tertiary/aromatic N) is 3. The highest BCUT2D eigenvalue weighted by atomic mass is 32.2. The number of carbonyl (C=O) groups excluding carboxylic acids is 1. The van der Waals surface area contributed by atoms with Crippen LogP contribution < -0.4 is 5.32 Å². The number of nitrogens with one attached hydrogen (secondary N) is 1. The molecule has 2 aromatic heterocycles. The number of thioether (sulfide) groups is 1. The summed E-state index contributed by atoms with van der Waals surface area (Å²) in [5, 5.41) is 13.5. The largest absolute Gasteiger partial charge is 0.325 e. The molecule has 2 heterocycles. The van der Waals surface area contributed by atoms with Gasteiger partial charge in [-0.1, -0.05) is 17.8 Å². The molecule has 0 radical (unpaired) electrons. The number of aryl methyl sites for hydroxylation is 2. The van der Waals surface area contributed by atoms with Crippen LogP contribution in [0.15, 0.2) is 53.3 Å². The van der Waals surface area contributed by atoms with Crippen molar-refractivity contribution in [3.63, 3.8) is 0 Å². The fourth-order valence-electron chi connectivity index (χ4n) is 2.06. The van der Waals surface area contributed by atoms with Gasteiger partial charge in [-0.25, -0.2) is 4.39 Å². The van der Waals surface area contributed by atoms with Crippen molar-refractivity contribution in [3.8, 4) is 0 Å². The highest BCUT2D eigenvalue weighted by Crippen LogP contribution is 2.17. The third kappa shape index (κ3) is 4.65. The second-order valence-corrected chi connectivity index (χ2v) is 6.95. The van der Waals surface area contributed by atoms with E-state index in [9.17, 15) is 9.18 Å². The highest BCUT2D eigenvalue weighted by molar-refractivity contribution is 7.99. The van der Waals surface area contributed by atoms with Crippen LogP contribution in [0.25, 0.3) is 0 Å². The van der Waals surface area contributed by atoms with Gasteiger partial charge < -0.3 is 9.88 Å². The molecule has 1 amide bonds. The van der Waals surface area contributed by atoms with Crippen LogP contribution in [0.4, 0.5) is 10.1 Å². The van der Waals surface area contributed by atoms with Crippen LogP contribution in [-0.2, 0) is 17.8 Å². The average molecular weight is 362 g/mol. The van der Waals surface area contributed by atoms with E-state index in [1.165, 1.54) is 40.9 Å². The van der Waals surface area contributed by atoms with Gasteiger partial charge in [0.2, 0.25) is 5.91 Å². The molecule has 0 fully saturated rings. The van der Waals surface area contributed by atoms with Crippen molar-refractivity contribution >= 4 is 34.7 Å². The second-order valence-electron chi connectivity index (χ2n) is 4.98. The van der Waals surface area contributed by atoms with Crippen molar-refractivity contribution in [3.05, 3.63) is 58.8 Å². The molecule has 0 aliphatic heterocycles. The third-order valence-corrected chi connectivity index (χ3v) is 5.14. The van der Waals surface area contributed by atoms with Gasteiger partial charge in [0.05, 0.1) is 5.75 Å². The van der Waals surface area contributed by atoms with E-state index in [-0.39, 0.29) is 17.5 Å². The van der Waals surface area contributed by atoms with Gasteiger partial charge in [-0.2, -0.15) is 0 Å². The number of amides is 1. The zero-order valence-corrected chi connectivity index (χ0v) is 14.3. The van der Waals surface area contributed by atoms with E-state index < -0.39 is 0 Å². The standard InChI is InChI=1S/C16H15FN4OS2/c17-12-3-5-13(6-4-12)19-15(22)10-24-16-20-18-11-21(16)8-7-14-2-1-9-23-14/h1-6,9,11H,7-8,10H2,(H,19,22). The zero-order chi connectivity index (χ0) is 16.8. The van der Waals surface area contributed by atoms with Crippen molar-refractivity contribution < 1.29 is 9.18 Å². The van der Waals surface area contributed by atoms with E-state index >= 15 is 0 Å². The lowest BCUT2D eigenvalue weighted by atomic mass is 10.3. The first-order chi connectivity index (χ1) is 11.7. The Morgan fingerprint density at radius 1 is 1.29 bits per heavy atom. The summed E-state index contributed by atoms with van der Waals surface area (Å²) in [6.45, 7) is 0.773. The number of hydrogen-bond acceptors (Lipinski definition) is 5. The minimum absolute atomic E-state index is 0.167. The quantitative estimate of drug-likeness (QED) is 0.654. The smallest absolute Gasteiger partial charge is 0.234 e. The summed E-state index contributed by atoms with van der Waals surface area (Å²) in [4.78, 5) is 13.3. The van der Waals surface area contributed by atoms with Crippen LogP contribution in [0, 0.1) is 5.82 Å². The highest BCUT2D eigenvalue weighted by Gasteiger charge is 2.09. The van der Waals surface area contributed by atoms with Gasteiger partial charge in [-0.05, 0) is 42.1 Å². The van der Waals surface area contributed by atoms with Gasteiger partial charge in [0.1, 0.15) is 12.1 Å². The summed E-state index contributed by atoms with van der Waals surface area (Å²) in [7, 11) is 0. The zero-order valence-electron chi connectivity index (χ0n) is 12.7. The van der Waals surface area contributed by atoms with Crippen LogP contribution in [0.5, 0.6) is 0 Å². The number of benzene rings is 1. The third-order valence-electron chi connectivity index (χ3n) is 3.22. The molecule has 0 saturated carbocycles. The molecule has 1 N–H and O–H groups in total. The van der Waals surface area contributed by atoms with E-state index in [4.69, 9.17) is 0 Å². The molecule has 1 aromatic carbocycles. The number of carbonyl (C=O) groups is 1. The summed E-state index contributed by atoms with van der Waals surface area (Å²) in [6.07, 6.45) is 2.58. The van der Waals surface area contributed by atoms with Crippen LogP contribution in [0.3, 0.4) is 0 Å². The number of hydrogen-bond donors (Lipinski definition) is 1. The lowest BCUT2D eigenvalue weighted by Gasteiger charge is -2.06. The SMILES string of the molecule is O=C(CSc1nncn1CCc1cccs1)Nc1ccc(F)cc1. The molecule has 0 unspecified atom stereocenters. The Kier molecular flexibility index (Phi) is 5.60. The predicted molar refractivity (Wildman–Crippen MR) is 93.8 cm³/mol. The Morgan fingerprint density at radius 3 is 2.88 bits per heavy atom. The number of anilines is 1. The molecule has 3 aromatic rings. The summed E-state index contributed by atoms with van der Waals surface area (Å²) in [6, 6.07) is 9.80. The summed E-state index contributed by atoms with van der Waals surface area (Å²) >= 11 is 3.05. The van der Waals surface area contributed by atoms with Crippen molar-refractivity contribution in [1.29, 1.82) is 0 Å². The summed E-state index contributed by atoms with van der Waals surface area (Å²) < 4.78 is 14.8. The molecule has 5 nitrogen and oxygen atoms in total. The Balaban J connectivity index is 1.50. The summed E-state index contributed by atoms with van der Waals surface area (Å²) in [5.74, 6) is -0.282. The Morgan fingerprint density at radius 2 is 2.12 bits per heavy atom. The molecule has 0 aliphatic rings. The molecule has 0 spiro atoms. The predicted octanol–water partition coefficient (Wildman–Crippen LogP) is 3.45. The van der Waals surface area contributed by atoms with E-state index in [0.29, 0.717) is 10.8 Å². The van der Waals surface area contributed by atoms with Gasteiger partial charge in [-0.15, -0.1) is 21.5 Å². The van der Waals surface area contributed by atoms with Gasteiger partial charge in [0, 0.05) is 17.1 Å². The topological polar surface area (TPSA) is 59.8 Å². The Labute approximate surface area is 146 Å². The molecule has 0 saturated heterocycles. The normalized spacial score (nSPS) is 10.7. The minimum Gasteiger partial charge on any atom is -0.325 e. The monoisotopic (exact) mass is 362 g/mol. The van der Waals surface area contributed by atoms with Crippen molar-refractivity contribution in [1.82, 2.24) is 14.8 Å². The van der Waals surface area contributed by atoms with E-state index in [0.717, 1.165) is 13.0 Å². The molecule has 8 heteroatoms. The van der Waals surface area contributed by atoms with Gasteiger partial charge >= 0.3 is 0 Å². The van der Waals surface area contributed by atoms with Crippen molar-refractivity contribution in [2.45, 2.75) is 18.1 Å². The van der Waals surface area contributed by atoms with E-state index in [1.54, 1.807) is 17.7 Å². The summed E-state index contributed by atoms with van der Waals surface area (Å²) in [5.41, 5.74) is 0.571. The fourth-order valence-corrected chi connectivity index (χ4v) is 3.50. The van der Waals surface area contributed by atoms with Gasteiger partial charge in [0.15, 0.2) is 5.16 Å².